The van der Waals surface area contributed by atoms with E-state index in [1.54, 1.807) is 38.5 Å². The fourth-order valence-corrected chi connectivity index (χ4v) is 2.88. The fraction of sp³-hybridized carbons (Fsp3) is 0.227. The largest absolute Gasteiger partial charge is 0.497 e. The van der Waals surface area contributed by atoms with Crippen molar-refractivity contribution in [2.45, 2.75) is 19.9 Å². The van der Waals surface area contributed by atoms with E-state index in [0.29, 0.717) is 28.4 Å². The van der Waals surface area contributed by atoms with Crippen LogP contribution in [0.2, 0.25) is 0 Å². The van der Waals surface area contributed by atoms with Gasteiger partial charge in [-0.3, -0.25) is 9.59 Å². The van der Waals surface area contributed by atoms with E-state index in [-0.39, 0.29) is 18.0 Å². The topological polar surface area (TPSA) is 82.5 Å². The number of rotatable bonds is 7. The van der Waals surface area contributed by atoms with E-state index in [1.165, 1.54) is 11.6 Å². The molecular weight excluding hydrogens is 370 g/mol. The number of methoxy groups -OCH3 is 2. The lowest BCUT2D eigenvalue weighted by Gasteiger charge is -2.12. The molecule has 1 N–H and O–H groups in total. The van der Waals surface area contributed by atoms with Crippen LogP contribution in [0, 0.1) is 0 Å². The molecule has 0 spiro atoms. The molecule has 29 heavy (non-hydrogen) atoms. The first-order valence-corrected chi connectivity index (χ1v) is 9.23. The van der Waals surface area contributed by atoms with Gasteiger partial charge >= 0.3 is 0 Å². The maximum atomic E-state index is 12.4. The molecule has 0 aliphatic heterocycles. The molecular formula is C22H23N3O4. The van der Waals surface area contributed by atoms with Crippen molar-refractivity contribution in [3.8, 4) is 22.8 Å². The normalized spacial score (nSPS) is 10.4. The number of anilines is 1. The molecule has 1 aromatic heterocycles. The number of benzene rings is 2. The lowest BCUT2D eigenvalue weighted by molar-refractivity contribution is -0.117. The molecule has 150 valence electrons. The van der Waals surface area contributed by atoms with Gasteiger partial charge in [0.2, 0.25) is 5.91 Å². The number of ether oxygens (including phenoxy) is 2. The zero-order valence-electron chi connectivity index (χ0n) is 16.6. The molecule has 7 nitrogen and oxygen atoms in total. The third-order valence-corrected chi connectivity index (χ3v) is 4.49. The van der Waals surface area contributed by atoms with Crippen LogP contribution in [-0.4, -0.2) is 29.9 Å². The smallest absolute Gasteiger partial charge is 0.267 e. The molecule has 0 unspecified atom stereocenters. The van der Waals surface area contributed by atoms with Gasteiger partial charge in [-0.25, -0.2) is 4.68 Å². The lowest BCUT2D eigenvalue weighted by atomic mass is 10.1. The Bertz CT molecular complexity index is 1060. The van der Waals surface area contributed by atoms with Gasteiger partial charge in [-0.15, -0.1) is 0 Å². The summed E-state index contributed by atoms with van der Waals surface area (Å²) < 4.78 is 11.7. The number of hydrogen-bond donors (Lipinski definition) is 1. The number of carbonyl (C=O) groups is 1. The molecule has 3 rings (SSSR count). The quantitative estimate of drug-likeness (QED) is 0.667. The molecule has 0 saturated carbocycles. The Balaban J connectivity index is 1.82. The van der Waals surface area contributed by atoms with Crippen molar-refractivity contribution >= 4 is 11.6 Å². The van der Waals surface area contributed by atoms with E-state index >= 15 is 0 Å². The van der Waals surface area contributed by atoms with Crippen LogP contribution in [0.5, 0.6) is 11.5 Å². The molecule has 0 aliphatic carbocycles. The summed E-state index contributed by atoms with van der Waals surface area (Å²) in [5.41, 5.74) is 2.70. The molecule has 3 aromatic rings. The molecule has 2 aromatic carbocycles. The summed E-state index contributed by atoms with van der Waals surface area (Å²) in [5, 5.41) is 7.12. The maximum Gasteiger partial charge on any atom is 0.267 e. The number of amides is 1. The van der Waals surface area contributed by atoms with Gasteiger partial charge in [-0.1, -0.05) is 19.1 Å². The number of nitrogens with one attached hydrogen (secondary N) is 1. The van der Waals surface area contributed by atoms with Gasteiger partial charge in [0.1, 0.15) is 18.0 Å². The Morgan fingerprint density at radius 3 is 2.45 bits per heavy atom. The van der Waals surface area contributed by atoms with Gasteiger partial charge in [-0.2, -0.15) is 5.10 Å². The molecule has 0 saturated heterocycles. The Hall–Kier alpha value is -3.61. The predicted octanol–water partition coefficient (Wildman–Crippen LogP) is 3.13. The Labute approximate surface area is 168 Å². The maximum absolute atomic E-state index is 12.4. The number of hydrogen-bond acceptors (Lipinski definition) is 5. The predicted molar refractivity (Wildman–Crippen MR) is 111 cm³/mol. The van der Waals surface area contributed by atoms with Gasteiger partial charge in [0, 0.05) is 23.4 Å². The lowest BCUT2D eigenvalue weighted by Crippen LogP contribution is -2.29. The van der Waals surface area contributed by atoms with E-state index in [9.17, 15) is 9.59 Å². The van der Waals surface area contributed by atoms with Gasteiger partial charge in [-0.05, 0) is 42.3 Å². The SMILES string of the molecule is CCc1ccc(NC(=O)Cn2nc(-c3ccc(OC)cc3OC)ccc2=O)cc1. The summed E-state index contributed by atoms with van der Waals surface area (Å²) in [6.45, 7) is 1.87. The van der Waals surface area contributed by atoms with Crippen molar-refractivity contribution in [1.82, 2.24) is 9.78 Å². The highest BCUT2D eigenvalue weighted by atomic mass is 16.5. The second-order valence-corrected chi connectivity index (χ2v) is 6.38. The van der Waals surface area contributed by atoms with Crippen molar-refractivity contribution in [3.63, 3.8) is 0 Å². The van der Waals surface area contributed by atoms with Crippen LogP contribution in [0.3, 0.4) is 0 Å². The molecule has 0 radical (unpaired) electrons. The molecule has 1 amide bonds. The summed E-state index contributed by atoms with van der Waals surface area (Å²) in [6.07, 6.45) is 0.926. The average molecular weight is 393 g/mol. The van der Waals surface area contributed by atoms with E-state index < -0.39 is 0 Å². The Morgan fingerprint density at radius 2 is 1.79 bits per heavy atom. The van der Waals surface area contributed by atoms with Gasteiger partial charge in [0.25, 0.3) is 5.56 Å². The third-order valence-electron chi connectivity index (χ3n) is 4.49. The van der Waals surface area contributed by atoms with E-state index in [0.717, 1.165) is 11.1 Å². The molecule has 0 atom stereocenters. The highest BCUT2D eigenvalue weighted by molar-refractivity contribution is 5.90. The van der Waals surface area contributed by atoms with Crippen molar-refractivity contribution < 1.29 is 14.3 Å². The van der Waals surface area contributed by atoms with Crippen LogP contribution in [0.15, 0.2) is 59.4 Å². The number of carbonyl (C=O) groups excluding carboxylic acids is 1. The van der Waals surface area contributed by atoms with Crippen LogP contribution < -0.4 is 20.3 Å². The van der Waals surface area contributed by atoms with Crippen LogP contribution in [0.1, 0.15) is 12.5 Å². The van der Waals surface area contributed by atoms with E-state index in [1.807, 2.05) is 24.3 Å². The Kier molecular flexibility index (Phi) is 6.29. The minimum Gasteiger partial charge on any atom is -0.497 e. The van der Waals surface area contributed by atoms with Crippen molar-refractivity contribution in [2.24, 2.45) is 0 Å². The molecule has 1 heterocycles. The summed E-state index contributed by atoms with van der Waals surface area (Å²) in [7, 11) is 3.12. The Morgan fingerprint density at radius 1 is 1.03 bits per heavy atom. The number of aryl methyl sites for hydroxylation is 1. The number of aromatic nitrogens is 2. The first kappa shape index (κ1) is 20.1. The second-order valence-electron chi connectivity index (χ2n) is 6.38. The van der Waals surface area contributed by atoms with E-state index in [4.69, 9.17) is 9.47 Å². The van der Waals surface area contributed by atoms with E-state index in [2.05, 4.69) is 17.3 Å². The summed E-state index contributed by atoms with van der Waals surface area (Å²) in [4.78, 5) is 24.6. The monoisotopic (exact) mass is 393 g/mol. The highest BCUT2D eigenvalue weighted by Gasteiger charge is 2.12. The third kappa shape index (κ3) is 4.82. The van der Waals surface area contributed by atoms with Crippen molar-refractivity contribution in [1.29, 1.82) is 0 Å². The van der Waals surface area contributed by atoms with Gasteiger partial charge in [0.05, 0.1) is 19.9 Å². The molecule has 7 heteroatoms. The zero-order chi connectivity index (χ0) is 20.8. The van der Waals surface area contributed by atoms with Crippen LogP contribution in [-0.2, 0) is 17.8 Å². The summed E-state index contributed by atoms with van der Waals surface area (Å²) in [5.74, 6) is 0.873. The van der Waals surface area contributed by atoms with Crippen molar-refractivity contribution in [2.75, 3.05) is 19.5 Å². The summed E-state index contributed by atoms with van der Waals surface area (Å²) in [6, 6.07) is 15.9. The average Bonchev–Trinajstić information content (AvgIpc) is 2.75. The first-order chi connectivity index (χ1) is 14.0. The molecule has 0 bridgehead atoms. The van der Waals surface area contributed by atoms with Crippen LogP contribution in [0.25, 0.3) is 11.3 Å². The standard InChI is InChI=1S/C22H23N3O4/c1-4-15-5-7-16(8-6-15)23-21(26)14-25-22(27)12-11-19(24-25)18-10-9-17(28-2)13-20(18)29-3/h5-13H,4,14H2,1-3H3,(H,23,26). The van der Waals surface area contributed by atoms with Crippen LogP contribution in [0.4, 0.5) is 5.69 Å². The number of nitrogens with zero attached hydrogens (tertiary/aromatic N) is 2. The highest BCUT2D eigenvalue weighted by Crippen LogP contribution is 2.31. The molecule has 0 fully saturated rings. The minimum absolute atomic E-state index is 0.194. The van der Waals surface area contributed by atoms with Gasteiger partial charge in [0.15, 0.2) is 0 Å². The minimum atomic E-state index is -0.363. The van der Waals surface area contributed by atoms with Crippen molar-refractivity contribution in [3.05, 3.63) is 70.5 Å². The zero-order valence-corrected chi connectivity index (χ0v) is 16.6. The fourth-order valence-electron chi connectivity index (χ4n) is 2.88. The molecule has 0 aliphatic rings. The van der Waals surface area contributed by atoms with Gasteiger partial charge < -0.3 is 14.8 Å². The second kappa shape index (κ2) is 9.05. The first-order valence-electron chi connectivity index (χ1n) is 9.23. The summed E-state index contributed by atoms with van der Waals surface area (Å²) >= 11 is 0. The van der Waals surface area contributed by atoms with Crippen LogP contribution >= 0.6 is 0 Å².